The van der Waals surface area contributed by atoms with Crippen molar-refractivity contribution in [1.82, 2.24) is 4.98 Å². The van der Waals surface area contributed by atoms with Crippen molar-refractivity contribution < 1.29 is 13.2 Å². The number of fused-ring (bicyclic) bond motifs is 2. The van der Waals surface area contributed by atoms with E-state index in [9.17, 15) is 13.2 Å². The lowest BCUT2D eigenvalue weighted by Gasteiger charge is -2.36. The van der Waals surface area contributed by atoms with E-state index in [-0.39, 0.29) is 17.0 Å². The molecule has 1 N–H and O–H groups in total. The first-order valence-corrected chi connectivity index (χ1v) is 8.86. The van der Waals surface area contributed by atoms with Crippen LogP contribution in [0.4, 0.5) is 5.69 Å². The molecule has 2 aliphatic carbocycles. The molecule has 1 heterocycles. The van der Waals surface area contributed by atoms with Crippen LogP contribution >= 0.6 is 0 Å². The van der Waals surface area contributed by atoms with Crippen LogP contribution in [0.15, 0.2) is 24.5 Å². The monoisotopic (exact) mass is 308 g/mol. The zero-order valence-electron chi connectivity index (χ0n) is 12.3. The van der Waals surface area contributed by atoms with E-state index in [1.807, 2.05) is 13.8 Å². The van der Waals surface area contributed by atoms with Crippen molar-refractivity contribution in [2.24, 2.45) is 16.7 Å². The second kappa shape index (κ2) is 4.53. The number of rotatable bonds is 4. The molecule has 2 fully saturated rings. The molecule has 1 aromatic rings. The maximum atomic E-state index is 12.5. The van der Waals surface area contributed by atoms with Crippen LogP contribution in [0.5, 0.6) is 0 Å². The molecule has 0 saturated heterocycles. The average molecular weight is 308 g/mol. The van der Waals surface area contributed by atoms with Crippen molar-refractivity contribution in [2.45, 2.75) is 33.1 Å². The number of ketones is 1. The molecule has 2 saturated carbocycles. The van der Waals surface area contributed by atoms with Gasteiger partial charge in [-0.05, 0) is 36.3 Å². The van der Waals surface area contributed by atoms with Gasteiger partial charge in [0.2, 0.25) is 10.0 Å². The van der Waals surface area contributed by atoms with E-state index in [0.717, 1.165) is 6.42 Å². The van der Waals surface area contributed by atoms with Crippen molar-refractivity contribution in [3.8, 4) is 0 Å². The number of anilines is 1. The van der Waals surface area contributed by atoms with E-state index in [4.69, 9.17) is 0 Å². The SMILES string of the molecule is CC1(C)[C@H]2CC[C@@]1(CS(=O)(=O)Nc1ccncc1)C(=O)C2. The number of hydrogen-bond donors (Lipinski definition) is 1. The molecule has 3 rings (SSSR count). The smallest absolute Gasteiger partial charge is 0.233 e. The summed E-state index contributed by atoms with van der Waals surface area (Å²) < 4.78 is 27.5. The molecule has 21 heavy (non-hydrogen) atoms. The lowest BCUT2D eigenvalue weighted by molar-refractivity contribution is -0.128. The van der Waals surface area contributed by atoms with Crippen LogP contribution in [0.25, 0.3) is 0 Å². The summed E-state index contributed by atoms with van der Waals surface area (Å²) in [6, 6.07) is 3.21. The van der Waals surface area contributed by atoms with Crippen LogP contribution in [0, 0.1) is 16.7 Å². The Morgan fingerprint density at radius 3 is 2.52 bits per heavy atom. The molecular weight excluding hydrogens is 288 g/mol. The summed E-state index contributed by atoms with van der Waals surface area (Å²) in [5.74, 6) is 0.315. The maximum absolute atomic E-state index is 12.5. The number of sulfonamides is 1. The highest BCUT2D eigenvalue weighted by Crippen LogP contribution is 2.64. The third-order valence-electron chi connectivity index (χ3n) is 5.53. The molecule has 2 atom stereocenters. The first kappa shape index (κ1) is 14.5. The van der Waals surface area contributed by atoms with Gasteiger partial charge in [-0.25, -0.2) is 8.42 Å². The number of pyridine rings is 1. The summed E-state index contributed by atoms with van der Waals surface area (Å²) in [5.41, 5.74) is -0.479. The van der Waals surface area contributed by atoms with Crippen LogP contribution < -0.4 is 4.72 Å². The van der Waals surface area contributed by atoms with Gasteiger partial charge in [0.05, 0.1) is 16.9 Å². The number of aromatic nitrogens is 1. The van der Waals surface area contributed by atoms with E-state index in [2.05, 4.69) is 9.71 Å². The van der Waals surface area contributed by atoms with Gasteiger partial charge in [0.15, 0.2) is 0 Å². The highest BCUT2D eigenvalue weighted by Gasteiger charge is 2.65. The minimum absolute atomic E-state index is 0.115. The molecular formula is C15H20N2O3S. The zero-order chi connectivity index (χ0) is 15.3. The number of Topliss-reactive ketones (excluding diaryl/α,β-unsaturated/α-hetero) is 1. The van der Waals surface area contributed by atoms with Gasteiger partial charge in [0, 0.05) is 18.8 Å². The average Bonchev–Trinajstić information content (AvgIpc) is 2.72. The first-order valence-electron chi connectivity index (χ1n) is 7.21. The number of carbonyl (C=O) groups excluding carboxylic acids is 1. The van der Waals surface area contributed by atoms with E-state index in [1.54, 1.807) is 12.1 Å². The number of nitrogens with one attached hydrogen (secondary N) is 1. The summed E-state index contributed by atoms with van der Waals surface area (Å²) in [7, 11) is -3.56. The minimum atomic E-state index is -3.56. The van der Waals surface area contributed by atoms with Gasteiger partial charge in [0.1, 0.15) is 5.78 Å². The number of carbonyl (C=O) groups is 1. The third-order valence-corrected chi connectivity index (χ3v) is 6.95. The predicted molar refractivity (Wildman–Crippen MR) is 80.2 cm³/mol. The van der Waals surface area contributed by atoms with Gasteiger partial charge in [-0.2, -0.15) is 0 Å². The second-order valence-electron chi connectivity index (χ2n) is 6.76. The predicted octanol–water partition coefficient (Wildman–Crippen LogP) is 2.22. The van der Waals surface area contributed by atoms with E-state index in [0.29, 0.717) is 24.4 Å². The lowest BCUT2D eigenvalue weighted by atomic mass is 9.70. The molecule has 0 unspecified atom stereocenters. The highest BCUT2D eigenvalue weighted by molar-refractivity contribution is 7.92. The minimum Gasteiger partial charge on any atom is -0.299 e. The fourth-order valence-electron chi connectivity index (χ4n) is 4.07. The van der Waals surface area contributed by atoms with E-state index >= 15 is 0 Å². The Kier molecular flexibility index (Phi) is 3.13. The molecule has 2 bridgehead atoms. The Balaban J connectivity index is 1.87. The molecule has 0 amide bonds. The Morgan fingerprint density at radius 1 is 1.33 bits per heavy atom. The summed E-state index contributed by atoms with van der Waals surface area (Å²) in [5, 5.41) is 0. The molecule has 0 aromatic carbocycles. The first-order chi connectivity index (χ1) is 9.77. The van der Waals surface area contributed by atoms with Crippen molar-refractivity contribution in [1.29, 1.82) is 0 Å². The molecule has 6 heteroatoms. The molecule has 5 nitrogen and oxygen atoms in total. The normalized spacial score (nSPS) is 30.6. The summed E-state index contributed by atoms with van der Waals surface area (Å²) in [4.78, 5) is 16.3. The van der Waals surface area contributed by atoms with Gasteiger partial charge >= 0.3 is 0 Å². The van der Waals surface area contributed by atoms with Gasteiger partial charge in [0.25, 0.3) is 0 Å². The van der Waals surface area contributed by atoms with Crippen LogP contribution in [0.1, 0.15) is 33.1 Å². The molecule has 114 valence electrons. The van der Waals surface area contributed by atoms with Crippen LogP contribution in [-0.4, -0.2) is 24.9 Å². The van der Waals surface area contributed by atoms with Crippen molar-refractivity contribution in [3.05, 3.63) is 24.5 Å². The largest absolute Gasteiger partial charge is 0.299 e. The Labute approximate surface area is 125 Å². The zero-order valence-corrected chi connectivity index (χ0v) is 13.1. The third kappa shape index (κ3) is 2.16. The van der Waals surface area contributed by atoms with Gasteiger partial charge in [-0.15, -0.1) is 0 Å². The molecule has 0 aliphatic heterocycles. The van der Waals surface area contributed by atoms with Crippen molar-refractivity contribution >= 4 is 21.5 Å². The molecule has 1 aromatic heterocycles. The molecule has 2 aliphatic rings. The number of nitrogens with zero attached hydrogens (tertiary/aromatic N) is 1. The molecule has 0 radical (unpaired) electrons. The van der Waals surface area contributed by atoms with Crippen LogP contribution in [-0.2, 0) is 14.8 Å². The summed E-state index contributed by atoms with van der Waals surface area (Å²) in [6.07, 6.45) is 5.22. The topological polar surface area (TPSA) is 76.1 Å². The fourth-order valence-corrected chi connectivity index (χ4v) is 5.96. The Bertz CT molecular complexity index is 669. The Hall–Kier alpha value is -1.43. The quantitative estimate of drug-likeness (QED) is 0.925. The molecule has 0 spiro atoms. The summed E-state index contributed by atoms with van der Waals surface area (Å²) in [6.45, 7) is 4.08. The van der Waals surface area contributed by atoms with E-state index < -0.39 is 15.4 Å². The fraction of sp³-hybridized carbons (Fsp3) is 0.600. The Morgan fingerprint density at radius 2 is 2.00 bits per heavy atom. The van der Waals surface area contributed by atoms with Gasteiger partial charge < -0.3 is 0 Å². The van der Waals surface area contributed by atoms with Crippen LogP contribution in [0.2, 0.25) is 0 Å². The van der Waals surface area contributed by atoms with Crippen LogP contribution in [0.3, 0.4) is 0 Å². The van der Waals surface area contributed by atoms with Crippen molar-refractivity contribution in [2.75, 3.05) is 10.5 Å². The van der Waals surface area contributed by atoms with Gasteiger partial charge in [-0.3, -0.25) is 14.5 Å². The maximum Gasteiger partial charge on any atom is 0.233 e. The lowest BCUT2D eigenvalue weighted by Crippen LogP contribution is -2.43. The summed E-state index contributed by atoms with van der Waals surface area (Å²) >= 11 is 0. The highest BCUT2D eigenvalue weighted by atomic mass is 32.2. The second-order valence-corrected chi connectivity index (χ2v) is 8.49. The standard InChI is InChI=1S/C15H20N2O3S/c1-14(2)11-3-6-15(14,13(18)9-11)10-21(19,20)17-12-4-7-16-8-5-12/h4-5,7-8,11H,3,6,9-10H2,1-2H3,(H,16,17)/t11-,15+/m0/s1. The van der Waals surface area contributed by atoms with Gasteiger partial charge in [-0.1, -0.05) is 13.8 Å². The van der Waals surface area contributed by atoms with E-state index in [1.165, 1.54) is 12.4 Å². The van der Waals surface area contributed by atoms with Crippen molar-refractivity contribution in [3.63, 3.8) is 0 Å². The number of hydrogen-bond acceptors (Lipinski definition) is 4.